The van der Waals surface area contributed by atoms with E-state index in [0.29, 0.717) is 18.0 Å². The molecule has 0 unspecified atom stereocenters. The van der Waals surface area contributed by atoms with E-state index in [0.717, 1.165) is 17.3 Å². The Morgan fingerprint density at radius 2 is 1.84 bits per heavy atom. The largest absolute Gasteiger partial charge is 0.302 e. The van der Waals surface area contributed by atoms with Crippen molar-refractivity contribution in [3.05, 3.63) is 64.8 Å². The second-order valence-electron chi connectivity index (χ2n) is 7.93. The van der Waals surface area contributed by atoms with Gasteiger partial charge < -0.3 is 5.32 Å². The van der Waals surface area contributed by atoms with Gasteiger partial charge in [0.1, 0.15) is 10.7 Å². The molecule has 0 spiro atoms. The Labute approximate surface area is 191 Å². The topological polar surface area (TPSA) is 79.4 Å². The lowest BCUT2D eigenvalue weighted by Crippen LogP contribution is -2.41. The van der Waals surface area contributed by atoms with Crippen LogP contribution in [0.5, 0.6) is 0 Å². The van der Waals surface area contributed by atoms with E-state index in [9.17, 15) is 17.6 Å². The van der Waals surface area contributed by atoms with Crippen molar-refractivity contribution in [3.8, 4) is 11.3 Å². The van der Waals surface area contributed by atoms with Crippen LogP contribution in [0.4, 0.5) is 9.52 Å². The Balaban J connectivity index is 1.38. The highest BCUT2D eigenvalue weighted by molar-refractivity contribution is 7.89. The summed E-state index contributed by atoms with van der Waals surface area (Å²) in [6.45, 7) is 4.44. The minimum Gasteiger partial charge on any atom is -0.302 e. The van der Waals surface area contributed by atoms with Crippen LogP contribution in [0.3, 0.4) is 0 Å². The fourth-order valence-corrected chi connectivity index (χ4v) is 5.98. The average Bonchev–Trinajstić information content (AvgIpc) is 3.24. The number of benzene rings is 2. The predicted molar refractivity (Wildman–Crippen MR) is 124 cm³/mol. The van der Waals surface area contributed by atoms with E-state index >= 15 is 0 Å². The van der Waals surface area contributed by atoms with Crippen LogP contribution in [-0.2, 0) is 14.8 Å². The predicted octanol–water partition coefficient (Wildman–Crippen LogP) is 4.61. The van der Waals surface area contributed by atoms with E-state index in [-0.39, 0.29) is 29.8 Å². The van der Waals surface area contributed by atoms with Gasteiger partial charge in [-0.05, 0) is 56.0 Å². The number of rotatable bonds is 5. The molecule has 1 saturated heterocycles. The number of sulfonamides is 1. The first-order valence-electron chi connectivity index (χ1n) is 10.3. The number of thiazole rings is 1. The summed E-state index contributed by atoms with van der Waals surface area (Å²) in [6.07, 6.45) is 0.740. The van der Waals surface area contributed by atoms with Gasteiger partial charge in [0.25, 0.3) is 0 Å². The first-order chi connectivity index (χ1) is 15.3. The van der Waals surface area contributed by atoms with E-state index in [4.69, 9.17) is 0 Å². The zero-order chi connectivity index (χ0) is 22.9. The van der Waals surface area contributed by atoms with Gasteiger partial charge in [-0.25, -0.2) is 17.8 Å². The maximum Gasteiger partial charge on any atom is 0.245 e. The molecule has 1 aliphatic rings. The summed E-state index contributed by atoms with van der Waals surface area (Å²) >= 11 is 1.36. The molecule has 1 N–H and O–H groups in total. The number of aromatic nitrogens is 1. The Kier molecular flexibility index (Phi) is 6.41. The second-order valence-corrected chi connectivity index (χ2v) is 10.7. The van der Waals surface area contributed by atoms with Gasteiger partial charge in [0, 0.05) is 30.0 Å². The molecule has 1 aromatic heterocycles. The lowest BCUT2D eigenvalue weighted by Gasteiger charge is -2.30. The maximum absolute atomic E-state index is 14.0. The van der Waals surface area contributed by atoms with Crippen molar-refractivity contribution in [2.75, 3.05) is 18.4 Å². The Morgan fingerprint density at radius 1 is 1.12 bits per heavy atom. The van der Waals surface area contributed by atoms with Crippen molar-refractivity contribution < 1.29 is 17.6 Å². The van der Waals surface area contributed by atoms with E-state index in [1.54, 1.807) is 0 Å². The third-order valence-corrected chi connectivity index (χ3v) is 8.51. The Morgan fingerprint density at radius 3 is 2.53 bits per heavy atom. The minimum atomic E-state index is -3.92. The number of hydrogen-bond donors (Lipinski definition) is 1. The molecular weight excluding hydrogens is 449 g/mol. The fraction of sp³-hybridized carbons (Fsp3) is 0.304. The van der Waals surface area contributed by atoms with Gasteiger partial charge in [0.05, 0.1) is 5.69 Å². The van der Waals surface area contributed by atoms with Crippen LogP contribution in [0, 0.1) is 25.6 Å². The summed E-state index contributed by atoms with van der Waals surface area (Å²) in [6, 6.07) is 11.5. The highest BCUT2D eigenvalue weighted by atomic mass is 32.2. The van der Waals surface area contributed by atoms with Gasteiger partial charge in [-0.1, -0.05) is 24.3 Å². The van der Waals surface area contributed by atoms with Gasteiger partial charge in [-0.3, -0.25) is 4.79 Å². The van der Waals surface area contributed by atoms with Crippen molar-refractivity contribution in [3.63, 3.8) is 0 Å². The van der Waals surface area contributed by atoms with Crippen LogP contribution in [0.1, 0.15) is 24.0 Å². The fourth-order valence-electron chi connectivity index (χ4n) is 3.72. The molecule has 1 fully saturated rings. The van der Waals surface area contributed by atoms with Crippen LogP contribution in [0.25, 0.3) is 11.3 Å². The SMILES string of the molecule is Cc1ccc(-c2csc(NC(=O)C3CCN(S(=O)(=O)c4ccccc4F)CC3)n2)cc1C. The number of halogens is 1. The Bertz CT molecular complexity index is 1250. The molecule has 9 heteroatoms. The molecule has 6 nitrogen and oxygen atoms in total. The molecule has 4 rings (SSSR count). The van der Waals surface area contributed by atoms with E-state index < -0.39 is 15.8 Å². The normalized spacial score (nSPS) is 15.6. The van der Waals surface area contributed by atoms with Gasteiger partial charge in [0.2, 0.25) is 15.9 Å². The summed E-state index contributed by atoms with van der Waals surface area (Å²) in [7, 11) is -3.92. The molecule has 2 heterocycles. The number of nitrogens with zero attached hydrogens (tertiary/aromatic N) is 2. The molecule has 0 atom stereocenters. The van der Waals surface area contributed by atoms with Gasteiger partial charge >= 0.3 is 0 Å². The quantitative estimate of drug-likeness (QED) is 0.587. The molecule has 1 amide bonds. The third-order valence-electron chi connectivity index (χ3n) is 5.82. The summed E-state index contributed by atoms with van der Waals surface area (Å²) in [5.41, 5.74) is 4.19. The number of carbonyl (C=O) groups excluding carboxylic acids is 1. The molecule has 0 radical (unpaired) electrons. The van der Waals surface area contributed by atoms with Crippen LogP contribution in [-0.4, -0.2) is 36.7 Å². The van der Waals surface area contributed by atoms with Crippen molar-refractivity contribution in [1.82, 2.24) is 9.29 Å². The molecule has 0 bridgehead atoms. The van der Waals surface area contributed by atoms with Gasteiger partial charge in [-0.2, -0.15) is 4.31 Å². The standard InChI is InChI=1S/C23H24FN3O3S2/c1-15-7-8-18(13-16(15)2)20-14-31-23(25-20)26-22(28)17-9-11-27(12-10-17)32(29,30)21-6-4-3-5-19(21)24/h3-8,13-14,17H,9-12H2,1-2H3,(H,25,26,28). The highest BCUT2D eigenvalue weighted by Crippen LogP contribution is 2.29. The van der Waals surface area contributed by atoms with Gasteiger partial charge in [-0.15, -0.1) is 11.3 Å². The first kappa shape index (κ1) is 22.6. The average molecular weight is 474 g/mol. The molecule has 2 aromatic carbocycles. The van der Waals surface area contributed by atoms with E-state index in [1.165, 1.54) is 45.0 Å². The summed E-state index contributed by atoms with van der Waals surface area (Å²) < 4.78 is 40.7. The lowest BCUT2D eigenvalue weighted by atomic mass is 9.97. The van der Waals surface area contributed by atoms with Crippen LogP contribution >= 0.6 is 11.3 Å². The summed E-state index contributed by atoms with van der Waals surface area (Å²) in [5.74, 6) is -1.26. The molecule has 0 aliphatic carbocycles. The number of nitrogens with one attached hydrogen (secondary N) is 1. The molecule has 168 valence electrons. The number of piperidine rings is 1. The monoisotopic (exact) mass is 473 g/mol. The van der Waals surface area contributed by atoms with Crippen molar-refractivity contribution in [2.45, 2.75) is 31.6 Å². The minimum absolute atomic E-state index is 0.167. The van der Waals surface area contributed by atoms with Crippen molar-refractivity contribution >= 4 is 32.4 Å². The van der Waals surface area contributed by atoms with Crippen molar-refractivity contribution in [1.29, 1.82) is 0 Å². The zero-order valence-electron chi connectivity index (χ0n) is 17.8. The van der Waals surface area contributed by atoms with Crippen LogP contribution in [0.2, 0.25) is 0 Å². The molecule has 3 aromatic rings. The maximum atomic E-state index is 14.0. The second kappa shape index (κ2) is 9.09. The molecule has 32 heavy (non-hydrogen) atoms. The molecule has 1 aliphatic heterocycles. The number of anilines is 1. The highest BCUT2D eigenvalue weighted by Gasteiger charge is 2.33. The zero-order valence-corrected chi connectivity index (χ0v) is 19.5. The van der Waals surface area contributed by atoms with E-state index in [2.05, 4.69) is 23.3 Å². The molecule has 0 saturated carbocycles. The smallest absolute Gasteiger partial charge is 0.245 e. The number of amides is 1. The number of carbonyl (C=O) groups is 1. The Hall–Kier alpha value is -2.62. The van der Waals surface area contributed by atoms with Crippen LogP contribution < -0.4 is 5.32 Å². The first-order valence-corrected chi connectivity index (χ1v) is 12.7. The summed E-state index contributed by atoms with van der Waals surface area (Å²) in [5, 5.41) is 5.29. The van der Waals surface area contributed by atoms with E-state index in [1.807, 2.05) is 24.4 Å². The van der Waals surface area contributed by atoms with Crippen molar-refractivity contribution in [2.24, 2.45) is 5.92 Å². The molecular formula is C23H24FN3O3S2. The van der Waals surface area contributed by atoms with Crippen LogP contribution in [0.15, 0.2) is 52.7 Å². The number of hydrogen-bond acceptors (Lipinski definition) is 5. The van der Waals surface area contributed by atoms with Gasteiger partial charge in [0.15, 0.2) is 5.13 Å². The third kappa shape index (κ3) is 4.60. The lowest BCUT2D eigenvalue weighted by molar-refractivity contribution is -0.120. The summed E-state index contributed by atoms with van der Waals surface area (Å²) in [4.78, 5) is 16.9. The number of aryl methyl sites for hydroxylation is 2.